The monoisotopic (exact) mass is 338 g/mol. The van der Waals surface area contributed by atoms with Gasteiger partial charge in [-0.15, -0.1) is 0 Å². The first-order chi connectivity index (χ1) is 12.2. The average molecular weight is 338 g/mol. The lowest BCUT2D eigenvalue weighted by atomic mass is 10.2. The van der Waals surface area contributed by atoms with Gasteiger partial charge in [0.25, 0.3) is 0 Å². The van der Waals surface area contributed by atoms with Gasteiger partial charge in [0.2, 0.25) is 5.91 Å². The summed E-state index contributed by atoms with van der Waals surface area (Å²) in [4.78, 5) is 14.3. The van der Waals surface area contributed by atoms with Crippen molar-refractivity contribution in [2.45, 2.75) is 13.0 Å². The molecule has 0 aliphatic carbocycles. The highest BCUT2D eigenvalue weighted by atomic mass is 16.5. The quantitative estimate of drug-likeness (QED) is 0.844. The summed E-state index contributed by atoms with van der Waals surface area (Å²) in [7, 11) is 0. The lowest BCUT2D eigenvalue weighted by Gasteiger charge is -2.30. The Bertz CT molecular complexity index is 716. The normalized spacial score (nSPS) is 18.4. The first-order valence-electron chi connectivity index (χ1n) is 8.40. The zero-order valence-electron chi connectivity index (χ0n) is 14.3. The molecule has 0 spiro atoms. The Morgan fingerprint density at radius 1 is 1.12 bits per heavy atom. The van der Waals surface area contributed by atoms with Crippen LogP contribution in [0.5, 0.6) is 0 Å². The minimum atomic E-state index is -0.0206. The Labute approximate surface area is 147 Å². The summed E-state index contributed by atoms with van der Waals surface area (Å²) in [6, 6.07) is 16.9. The predicted molar refractivity (Wildman–Crippen MR) is 97.5 cm³/mol. The molecule has 2 aromatic rings. The maximum absolute atomic E-state index is 12.1. The van der Waals surface area contributed by atoms with E-state index in [1.165, 1.54) is 0 Å². The zero-order valence-corrected chi connectivity index (χ0v) is 14.3. The fraction of sp³-hybridized carbons (Fsp3) is 0.316. The van der Waals surface area contributed by atoms with Gasteiger partial charge in [-0.1, -0.05) is 18.2 Å². The third kappa shape index (κ3) is 5.48. The summed E-state index contributed by atoms with van der Waals surface area (Å²) in [5.74, 6) is -0.0206. The van der Waals surface area contributed by atoms with Crippen molar-refractivity contribution in [2.75, 3.05) is 31.6 Å². The van der Waals surface area contributed by atoms with E-state index >= 15 is 0 Å². The van der Waals surface area contributed by atoms with Crippen LogP contribution in [-0.2, 0) is 9.53 Å². The molecule has 0 saturated carbocycles. The summed E-state index contributed by atoms with van der Waals surface area (Å²) in [6.07, 6.45) is 0.177. The van der Waals surface area contributed by atoms with Gasteiger partial charge in [0.1, 0.15) is 0 Å². The topological polar surface area (TPSA) is 66.3 Å². The molecule has 2 aromatic carbocycles. The highest BCUT2D eigenvalue weighted by Gasteiger charge is 2.18. The molecule has 1 heterocycles. The summed E-state index contributed by atoms with van der Waals surface area (Å²) in [6.45, 7) is 4.65. The number of hydrogen-bond acceptors (Lipinski definition) is 5. The fourth-order valence-electron chi connectivity index (χ4n) is 2.66. The molecule has 3 rings (SSSR count). The molecule has 25 heavy (non-hydrogen) atoms. The van der Waals surface area contributed by atoms with Gasteiger partial charge in [-0.3, -0.25) is 9.69 Å². The fourth-order valence-corrected chi connectivity index (χ4v) is 2.66. The van der Waals surface area contributed by atoms with E-state index in [1.807, 2.05) is 61.5 Å². The maximum atomic E-state index is 12.1. The van der Waals surface area contributed by atoms with Crippen LogP contribution in [0.3, 0.4) is 0 Å². The number of nitrogens with one attached hydrogen (secondary N) is 1. The summed E-state index contributed by atoms with van der Waals surface area (Å²) < 4.78 is 5.48. The third-order valence-corrected chi connectivity index (χ3v) is 3.88. The Morgan fingerprint density at radius 2 is 1.80 bits per heavy atom. The Morgan fingerprint density at radius 3 is 2.48 bits per heavy atom. The molecule has 0 bridgehead atoms. The molecule has 1 atom stereocenters. The van der Waals surface area contributed by atoms with Gasteiger partial charge in [0.05, 0.1) is 30.6 Å². The number of azo groups is 1. The minimum absolute atomic E-state index is 0.0206. The lowest BCUT2D eigenvalue weighted by Crippen LogP contribution is -2.44. The molecule has 6 heteroatoms. The van der Waals surface area contributed by atoms with Crippen molar-refractivity contribution in [1.82, 2.24) is 4.90 Å². The number of amides is 1. The van der Waals surface area contributed by atoms with Gasteiger partial charge in [-0.25, -0.2) is 0 Å². The molecule has 0 aromatic heterocycles. The van der Waals surface area contributed by atoms with Gasteiger partial charge < -0.3 is 10.1 Å². The molecule has 6 nitrogen and oxygen atoms in total. The number of morpholine rings is 1. The van der Waals surface area contributed by atoms with Gasteiger partial charge in [0, 0.05) is 18.8 Å². The van der Waals surface area contributed by atoms with Crippen LogP contribution in [0.25, 0.3) is 0 Å². The number of rotatable bonds is 5. The van der Waals surface area contributed by atoms with Gasteiger partial charge in [0.15, 0.2) is 0 Å². The van der Waals surface area contributed by atoms with Gasteiger partial charge in [-0.2, -0.15) is 10.2 Å². The van der Waals surface area contributed by atoms with Crippen LogP contribution >= 0.6 is 0 Å². The molecular formula is C19H22N4O2. The van der Waals surface area contributed by atoms with Crippen molar-refractivity contribution in [3.05, 3.63) is 54.6 Å². The second-order valence-electron chi connectivity index (χ2n) is 6.05. The number of carbonyl (C=O) groups is 1. The highest BCUT2D eigenvalue weighted by Crippen LogP contribution is 2.20. The number of carbonyl (C=O) groups excluding carboxylic acids is 1. The van der Waals surface area contributed by atoms with E-state index in [-0.39, 0.29) is 12.0 Å². The van der Waals surface area contributed by atoms with Crippen LogP contribution < -0.4 is 5.32 Å². The molecule has 1 N–H and O–H groups in total. The van der Waals surface area contributed by atoms with E-state index in [4.69, 9.17) is 4.74 Å². The van der Waals surface area contributed by atoms with Gasteiger partial charge >= 0.3 is 0 Å². The molecule has 1 amide bonds. The molecular weight excluding hydrogens is 316 g/mol. The number of ether oxygens (including phenoxy) is 1. The molecule has 1 aliphatic rings. The standard InChI is InChI=1S/C19H22N4O2/c1-15-13-23(11-12-25-15)14-19(24)20-16-7-9-18(10-8-16)22-21-17-5-3-2-4-6-17/h2-10,15H,11-14H2,1H3,(H,20,24)/t15-/m0/s1. The van der Waals surface area contributed by atoms with Crippen LogP contribution in [0.4, 0.5) is 17.1 Å². The third-order valence-electron chi connectivity index (χ3n) is 3.88. The van der Waals surface area contributed by atoms with Crippen molar-refractivity contribution >= 4 is 23.0 Å². The second-order valence-corrected chi connectivity index (χ2v) is 6.05. The van der Waals surface area contributed by atoms with E-state index in [1.54, 1.807) is 0 Å². The van der Waals surface area contributed by atoms with Crippen LogP contribution in [0.15, 0.2) is 64.8 Å². The summed E-state index contributed by atoms with van der Waals surface area (Å²) in [5, 5.41) is 11.3. The molecule has 1 fully saturated rings. The van der Waals surface area contributed by atoms with Crippen LogP contribution in [0.2, 0.25) is 0 Å². The van der Waals surface area contributed by atoms with Crippen molar-refractivity contribution < 1.29 is 9.53 Å². The van der Waals surface area contributed by atoms with E-state index in [0.717, 1.165) is 30.2 Å². The number of nitrogens with zero attached hydrogens (tertiary/aromatic N) is 3. The lowest BCUT2D eigenvalue weighted by molar-refractivity contribution is -0.119. The Hall–Kier alpha value is -2.57. The van der Waals surface area contributed by atoms with Crippen molar-refractivity contribution in [3.8, 4) is 0 Å². The van der Waals surface area contributed by atoms with E-state index in [9.17, 15) is 4.79 Å². The SMILES string of the molecule is C[C@H]1CN(CC(=O)Nc2ccc(N=Nc3ccccc3)cc2)CCO1. The largest absolute Gasteiger partial charge is 0.376 e. The zero-order chi connectivity index (χ0) is 17.5. The van der Waals surface area contributed by atoms with Crippen LogP contribution in [0.1, 0.15) is 6.92 Å². The van der Waals surface area contributed by atoms with Crippen molar-refractivity contribution in [3.63, 3.8) is 0 Å². The molecule has 1 saturated heterocycles. The first kappa shape index (κ1) is 17.3. The smallest absolute Gasteiger partial charge is 0.238 e. The maximum Gasteiger partial charge on any atom is 0.238 e. The van der Waals surface area contributed by atoms with Gasteiger partial charge in [-0.05, 0) is 43.3 Å². The van der Waals surface area contributed by atoms with Crippen molar-refractivity contribution in [1.29, 1.82) is 0 Å². The Kier molecular flexibility index (Phi) is 5.87. The minimum Gasteiger partial charge on any atom is -0.376 e. The molecule has 0 unspecified atom stereocenters. The summed E-state index contributed by atoms with van der Waals surface area (Å²) in [5.41, 5.74) is 2.30. The number of hydrogen-bond donors (Lipinski definition) is 1. The van der Waals surface area contributed by atoms with E-state index in [2.05, 4.69) is 20.4 Å². The molecule has 1 aliphatic heterocycles. The van der Waals surface area contributed by atoms with Crippen LogP contribution in [-0.4, -0.2) is 43.2 Å². The van der Waals surface area contributed by atoms with E-state index in [0.29, 0.717) is 13.2 Å². The van der Waals surface area contributed by atoms with Crippen molar-refractivity contribution in [2.24, 2.45) is 10.2 Å². The predicted octanol–water partition coefficient (Wildman–Crippen LogP) is 3.76. The second kappa shape index (κ2) is 8.50. The van der Waals surface area contributed by atoms with E-state index < -0.39 is 0 Å². The number of benzene rings is 2. The average Bonchev–Trinajstić information content (AvgIpc) is 2.62. The van der Waals surface area contributed by atoms with Crippen LogP contribution in [0, 0.1) is 0 Å². The number of anilines is 1. The highest BCUT2D eigenvalue weighted by molar-refractivity contribution is 5.92. The Balaban J connectivity index is 1.52. The molecule has 130 valence electrons. The molecule has 0 radical (unpaired) electrons. The first-order valence-corrected chi connectivity index (χ1v) is 8.40. The summed E-state index contributed by atoms with van der Waals surface area (Å²) >= 11 is 0.